The minimum Gasteiger partial charge on any atom is -0.481 e. The average Bonchev–Trinajstić information content (AvgIpc) is 2.20. The molecule has 2 amide bonds. The number of carboxylic acids is 1. The summed E-state index contributed by atoms with van der Waals surface area (Å²) < 4.78 is 4.83. The maximum Gasteiger partial charge on any atom is 0.314 e. The Morgan fingerprint density at radius 2 is 2.06 bits per heavy atom. The summed E-state index contributed by atoms with van der Waals surface area (Å²) in [5, 5.41) is 13.8. The van der Waals surface area contributed by atoms with Crippen molar-refractivity contribution in [3.8, 4) is 0 Å². The fourth-order valence-corrected chi connectivity index (χ4v) is 1.12. The van der Waals surface area contributed by atoms with E-state index >= 15 is 0 Å². The van der Waals surface area contributed by atoms with Gasteiger partial charge in [-0.25, -0.2) is 4.79 Å². The Bertz CT molecular complexity index is 221. The fraction of sp³-hybridized carbons (Fsp3) is 0.800. The highest BCUT2D eigenvalue weighted by Gasteiger charge is 2.08. The van der Waals surface area contributed by atoms with Gasteiger partial charge in [0.15, 0.2) is 0 Å². The summed E-state index contributed by atoms with van der Waals surface area (Å²) in [5.41, 5.74) is 0. The number of urea groups is 1. The lowest BCUT2D eigenvalue weighted by molar-refractivity contribution is -0.137. The molecule has 0 aliphatic heterocycles. The molecule has 0 radical (unpaired) electrons. The molecule has 0 saturated carbocycles. The second-order valence-corrected chi connectivity index (χ2v) is 3.69. The highest BCUT2D eigenvalue weighted by Crippen LogP contribution is 1.98. The Hall–Kier alpha value is -1.30. The smallest absolute Gasteiger partial charge is 0.314 e. The third kappa shape index (κ3) is 9.26. The van der Waals surface area contributed by atoms with Gasteiger partial charge < -0.3 is 20.5 Å². The molecule has 0 bridgehead atoms. The zero-order valence-electron chi connectivity index (χ0n) is 9.78. The highest BCUT2D eigenvalue weighted by atomic mass is 16.5. The Morgan fingerprint density at radius 3 is 2.62 bits per heavy atom. The summed E-state index contributed by atoms with van der Waals surface area (Å²) >= 11 is 0. The van der Waals surface area contributed by atoms with Gasteiger partial charge in [0.05, 0.1) is 0 Å². The van der Waals surface area contributed by atoms with E-state index < -0.39 is 5.97 Å². The monoisotopic (exact) mass is 232 g/mol. The maximum atomic E-state index is 11.2. The number of carbonyl (C=O) groups excluding carboxylic acids is 1. The number of nitrogens with one attached hydrogen (secondary N) is 2. The number of carboxylic acid groups (broad SMARTS) is 1. The van der Waals surface area contributed by atoms with Crippen molar-refractivity contribution in [3.63, 3.8) is 0 Å². The van der Waals surface area contributed by atoms with Crippen molar-refractivity contribution in [3.05, 3.63) is 0 Å². The third-order valence-electron chi connectivity index (χ3n) is 1.94. The SMILES string of the molecule is COCCCNC(=O)NCC(C)CC(=O)O. The zero-order valence-corrected chi connectivity index (χ0v) is 9.78. The Kier molecular flexibility index (Phi) is 8.24. The lowest BCUT2D eigenvalue weighted by Crippen LogP contribution is -2.38. The first-order chi connectivity index (χ1) is 7.56. The lowest BCUT2D eigenvalue weighted by atomic mass is 10.1. The van der Waals surface area contributed by atoms with Gasteiger partial charge in [0, 0.05) is 33.2 Å². The quantitative estimate of drug-likeness (QED) is 0.530. The second-order valence-electron chi connectivity index (χ2n) is 3.69. The Balaban J connectivity index is 3.45. The van der Waals surface area contributed by atoms with Crippen LogP contribution in [0.3, 0.4) is 0 Å². The van der Waals surface area contributed by atoms with Gasteiger partial charge in [0.25, 0.3) is 0 Å². The molecule has 0 aromatic rings. The number of aliphatic carboxylic acids is 1. The van der Waals surface area contributed by atoms with Crippen LogP contribution in [0.2, 0.25) is 0 Å². The van der Waals surface area contributed by atoms with Crippen LogP contribution in [0.1, 0.15) is 19.8 Å². The van der Waals surface area contributed by atoms with E-state index in [9.17, 15) is 9.59 Å². The molecule has 3 N–H and O–H groups in total. The second kappa shape index (κ2) is 8.96. The molecular formula is C10H20N2O4. The highest BCUT2D eigenvalue weighted by molar-refractivity contribution is 5.73. The molecule has 0 aliphatic carbocycles. The van der Waals surface area contributed by atoms with Gasteiger partial charge >= 0.3 is 12.0 Å². The van der Waals surface area contributed by atoms with Crippen molar-refractivity contribution < 1.29 is 19.4 Å². The first-order valence-electron chi connectivity index (χ1n) is 5.28. The minimum absolute atomic E-state index is 0.0595. The van der Waals surface area contributed by atoms with Gasteiger partial charge in [-0.05, 0) is 12.3 Å². The van der Waals surface area contributed by atoms with Gasteiger partial charge in [-0.3, -0.25) is 4.79 Å². The molecule has 0 aromatic carbocycles. The molecule has 0 heterocycles. The molecule has 1 unspecified atom stereocenters. The van der Waals surface area contributed by atoms with Crippen LogP contribution >= 0.6 is 0 Å². The van der Waals surface area contributed by atoms with Crippen LogP contribution in [-0.4, -0.2) is 43.9 Å². The number of ether oxygens (including phenoxy) is 1. The van der Waals surface area contributed by atoms with Gasteiger partial charge in [0.1, 0.15) is 0 Å². The van der Waals surface area contributed by atoms with E-state index in [-0.39, 0.29) is 18.4 Å². The molecule has 6 heteroatoms. The Labute approximate surface area is 95.4 Å². The van der Waals surface area contributed by atoms with E-state index in [2.05, 4.69) is 10.6 Å². The molecule has 16 heavy (non-hydrogen) atoms. The van der Waals surface area contributed by atoms with Crippen LogP contribution in [-0.2, 0) is 9.53 Å². The largest absolute Gasteiger partial charge is 0.481 e. The number of amides is 2. The third-order valence-corrected chi connectivity index (χ3v) is 1.94. The van der Waals surface area contributed by atoms with Gasteiger partial charge in [-0.2, -0.15) is 0 Å². The molecule has 0 rings (SSSR count). The summed E-state index contributed by atoms with van der Waals surface area (Å²) in [7, 11) is 1.60. The Morgan fingerprint density at radius 1 is 1.38 bits per heavy atom. The molecule has 0 aliphatic rings. The van der Waals surface area contributed by atoms with Gasteiger partial charge in [-0.1, -0.05) is 6.92 Å². The van der Waals surface area contributed by atoms with E-state index in [0.717, 1.165) is 6.42 Å². The number of hydrogen-bond donors (Lipinski definition) is 3. The minimum atomic E-state index is -0.852. The van der Waals surface area contributed by atoms with Crippen molar-refractivity contribution in [1.29, 1.82) is 0 Å². The van der Waals surface area contributed by atoms with Crippen molar-refractivity contribution in [2.24, 2.45) is 5.92 Å². The topological polar surface area (TPSA) is 87.7 Å². The number of carbonyl (C=O) groups is 2. The number of methoxy groups -OCH3 is 1. The number of rotatable bonds is 8. The summed E-state index contributed by atoms with van der Waals surface area (Å²) in [5.74, 6) is -0.919. The van der Waals surface area contributed by atoms with Crippen molar-refractivity contribution in [2.45, 2.75) is 19.8 Å². The summed E-state index contributed by atoms with van der Waals surface area (Å²) in [6, 6.07) is -0.270. The predicted octanol–water partition coefficient (Wildman–Crippen LogP) is 0.433. The van der Waals surface area contributed by atoms with E-state index in [1.165, 1.54) is 0 Å². The van der Waals surface area contributed by atoms with Gasteiger partial charge in [-0.15, -0.1) is 0 Å². The molecule has 6 nitrogen and oxygen atoms in total. The first-order valence-corrected chi connectivity index (χ1v) is 5.28. The molecular weight excluding hydrogens is 212 g/mol. The zero-order chi connectivity index (χ0) is 12.4. The maximum absolute atomic E-state index is 11.2. The molecule has 1 atom stereocenters. The molecule has 0 fully saturated rings. The van der Waals surface area contributed by atoms with Crippen LogP contribution in [0.25, 0.3) is 0 Å². The van der Waals surface area contributed by atoms with E-state index in [4.69, 9.17) is 9.84 Å². The van der Waals surface area contributed by atoms with Crippen molar-refractivity contribution in [2.75, 3.05) is 26.8 Å². The van der Waals surface area contributed by atoms with Crippen molar-refractivity contribution >= 4 is 12.0 Å². The molecule has 0 aromatic heterocycles. The van der Waals surface area contributed by atoms with E-state index in [0.29, 0.717) is 19.7 Å². The summed E-state index contributed by atoms with van der Waals surface area (Å²) in [6.45, 7) is 3.30. The van der Waals surface area contributed by atoms with E-state index in [1.807, 2.05) is 0 Å². The summed E-state index contributed by atoms with van der Waals surface area (Å²) in [6.07, 6.45) is 0.818. The van der Waals surface area contributed by atoms with Crippen molar-refractivity contribution in [1.82, 2.24) is 10.6 Å². The summed E-state index contributed by atoms with van der Waals surface area (Å²) in [4.78, 5) is 21.5. The molecule has 94 valence electrons. The van der Waals surface area contributed by atoms with Crippen LogP contribution in [0, 0.1) is 5.92 Å². The predicted molar refractivity (Wildman–Crippen MR) is 59.3 cm³/mol. The fourth-order valence-electron chi connectivity index (χ4n) is 1.12. The molecule has 0 saturated heterocycles. The normalized spacial score (nSPS) is 11.9. The number of hydrogen-bond acceptors (Lipinski definition) is 3. The standard InChI is InChI=1S/C10H20N2O4/c1-8(6-9(13)14)7-12-10(15)11-4-3-5-16-2/h8H,3-7H2,1-2H3,(H,13,14)(H2,11,12,15). The van der Waals surface area contributed by atoms with Gasteiger partial charge in [0.2, 0.25) is 0 Å². The van der Waals surface area contributed by atoms with Crippen LogP contribution in [0.4, 0.5) is 4.79 Å². The van der Waals surface area contributed by atoms with Crippen LogP contribution in [0.5, 0.6) is 0 Å². The van der Waals surface area contributed by atoms with E-state index in [1.54, 1.807) is 14.0 Å². The average molecular weight is 232 g/mol. The molecule has 0 spiro atoms. The lowest BCUT2D eigenvalue weighted by Gasteiger charge is -2.11. The van der Waals surface area contributed by atoms with Crippen LogP contribution < -0.4 is 10.6 Å². The van der Waals surface area contributed by atoms with Crippen LogP contribution in [0.15, 0.2) is 0 Å². The first kappa shape index (κ1) is 14.7.